The van der Waals surface area contributed by atoms with Crippen LogP contribution in [0.25, 0.3) is 0 Å². The van der Waals surface area contributed by atoms with E-state index in [1.807, 2.05) is 6.07 Å². The van der Waals surface area contributed by atoms with Crippen molar-refractivity contribution < 1.29 is 9.53 Å². The van der Waals surface area contributed by atoms with E-state index < -0.39 is 0 Å². The van der Waals surface area contributed by atoms with Gasteiger partial charge in [-0.15, -0.1) is 11.3 Å². The number of nitrogens with two attached hydrogens (primary N) is 1. The molecule has 0 fully saturated rings. The van der Waals surface area contributed by atoms with Crippen molar-refractivity contribution in [3.05, 3.63) is 34.0 Å². The van der Waals surface area contributed by atoms with Gasteiger partial charge in [0.1, 0.15) is 5.75 Å². The molecular weight excluding hydrogens is 274 g/mol. The van der Waals surface area contributed by atoms with Gasteiger partial charge in [0.05, 0.1) is 17.1 Å². The lowest BCUT2D eigenvalue weighted by Crippen LogP contribution is -2.25. The first kappa shape index (κ1) is 12.8. The van der Waals surface area contributed by atoms with Crippen molar-refractivity contribution in [3.63, 3.8) is 0 Å². The minimum atomic E-state index is -0.151. The average molecular weight is 289 g/mol. The van der Waals surface area contributed by atoms with Gasteiger partial charge in [0.2, 0.25) is 0 Å². The summed E-state index contributed by atoms with van der Waals surface area (Å²) in [6, 6.07) is 5.63. The van der Waals surface area contributed by atoms with Gasteiger partial charge in [-0.2, -0.15) is 0 Å². The van der Waals surface area contributed by atoms with E-state index in [0.717, 1.165) is 5.69 Å². The minimum absolute atomic E-state index is 0.0353. The van der Waals surface area contributed by atoms with E-state index in [1.165, 1.54) is 10.4 Å². The Bertz CT molecular complexity index is 666. The molecule has 0 radical (unpaired) electrons. The maximum atomic E-state index is 11.3. The van der Waals surface area contributed by atoms with Gasteiger partial charge < -0.3 is 21.1 Å². The van der Waals surface area contributed by atoms with Crippen LogP contribution in [0.15, 0.2) is 23.6 Å². The molecule has 2 aromatic rings. The smallest absolute Gasteiger partial charge is 0.262 e. The summed E-state index contributed by atoms with van der Waals surface area (Å²) in [5.74, 6) is 0.460. The standard InChI is InChI=1S/C14H15N3O2S/c1-8-2-3-20-13(8)6-16-10-5-11-12(4-9(10)15)19-7-14(18)17-11/h2-5,16H,6-7,15H2,1H3,(H,17,18). The van der Waals surface area contributed by atoms with Crippen molar-refractivity contribution in [1.82, 2.24) is 0 Å². The second kappa shape index (κ2) is 5.05. The second-order valence-electron chi connectivity index (χ2n) is 4.65. The number of nitrogens with one attached hydrogen (secondary N) is 2. The van der Waals surface area contributed by atoms with Crippen LogP contribution in [-0.2, 0) is 11.3 Å². The van der Waals surface area contributed by atoms with Crippen LogP contribution in [-0.4, -0.2) is 12.5 Å². The summed E-state index contributed by atoms with van der Waals surface area (Å²) in [5.41, 5.74) is 9.32. The Morgan fingerprint density at radius 2 is 2.35 bits per heavy atom. The number of hydrogen-bond acceptors (Lipinski definition) is 5. The summed E-state index contributed by atoms with van der Waals surface area (Å²) >= 11 is 1.71. The molecule has 6 heteroatoms. The molecule has 104 valence electrons. The van der Waals surface area contributed by atoms with Gasteiger partial charge in [-0.25, -0.2) is 0 Å². The highest BCUT2D eigenvalue weighted by Gasteiger charge is 2.17. The number of amides is 1. The van der Waals surface area contributed by atoms with Crippen molar-refractivity contribution in [3.8, 4) is 5.75 Å². The lowest BCUT2D eigenvalue weighted by atomic mass is 10.2. The predicted molar refractivity (Wildman–Crippen MR) is 81.4 cm³/mol. The SMILES string of the molecule is Cc1ccsc1CNc1cc2c(cc1N)OCC(=O)N2. The monoisotopic (exact) mass is 289 g/mol. The van der Waals surface area contributed by atoms with Crippen LogP contribution in [0.5, 0.6) is 5.75 Å². The van der Waals surface area contributed by atoms with E-state index in [1.54, 1.807) is 17.4 Å². The molecule has 3 rings (SSSR count). The number of nitrogen functional groups attached to an aromatic ring is 1. The molecule has 0 bridgehead atoms. The highest BCUT2D eigenvalue weighted by Crippen LogP contribution is 2.35. The summed E-state index contributed by atoms with van der Waals surface area (Å²) in [6.45, 7) is 2.83. The largest absolute Gasteiger partial charge is 0.482 e. The summed E-state index contributed by atoms with van der Waals surface area (Å²) in [7, 11) is 0. The van der Waals surface area contributed by atoms with Crippen LogP contribution in [0.4, 0.5) is 17.1 Å². The zero-order valence-corrected chi connectivity index (χ0v) is 11.8. The van der Waals surface area contributed by atoms with E-state index in [-0.39, 0.29) is 12.5 Å². The Hall–Kier alpha value is -2.21. The number of benzene rings is 1. The van der Waals surface area contributed by atoms with Gasteiger partial charge in [-0.05, 0) is 30.0 Å². The molecule has 1 aromatic carbocycles. The highest BCUT2D eigenvalue weighted by atomic mass is 32.1. The van der Waals surface area contributed by atoms with Gasteiger partial charge in [0, 0.05) is 17.5 Å². The van der Waals surface area contributed by atoms with Gasteiger partial charge in [0.25, 0.3) is 5.91 Å². The third-order valence-electron chi connectivity index (χ3n) is 3.19. The lowest BCUT2D eigenvalue weighted by molar-refractivity contribution is -0.118. The maximum absolute atomic E-state index is 11.3. The number of fused-ring (bicyclic) bond motifs is 1. The Labute approximate surface area is 120 Å². The number of thiophene rings is 1. The number of hydrogen-bond donors (Lipinski definition) is 3. The van der Waals surface area contributed by atoms with Crippen molar-refractivity contribution >= 4 is 34.3 Å². The first-order valence-electron chi connectivity index (χ1n) is 6.26. The fourth-order valence-electron chi connectivity index (χ4n) is 2.06. The molecule has 0 saturated carbocycles. The number of ether oxygens (including phenoxy) is 1. The fraction of sp³-hybridized carbons (Fsp3) is 0.214. The van der Waals surface area contributed by atoms with E-state index in [9.17, 15) is 4.79 Å². The van der Waals surface area contributed by atoms with Crippen LogP contribution in [0.1, 0.15) is 10.4 Å². The Balaban J connectivity index is 1.81. The highest BCUT2D eigenvalue weighted by molar-refractivity contribution is 7.10. The summed E-state index contributed by atoms with van der Waals surface area (Å²) in [5, 5.41) is 8.14. The van der Waals surface area contributed by atoms with Gasteiger partial charge in [0.15, 0.2) is 6.61 Å². The van der Waals surface area contributed by atoms with Crippen molar-refractivity contribution in [2.24, 2.45) is 0 Å². The first-order valence-corrected chi connectivity index (χ1v) is 7.14. The third kappa shape index (κ3) is 2.42. The Kier molecular flexibility index (Phi) is 3.23. The number of carbonyl (C=O) groups is 1. The molecule has 1 aliphatic rings. The quantitative estimate of drug-likeness (QED) is 0.759. The molecule has 0 unspecified atom stereocenters. The van der Waals surface area contributed by atoms with E-state index in [2.05, 4.69) is 29.0 Å². The molecule has 1 amide bonds. The summed E-state index contributed by atoms with van der Waals surface area (Å²) in [6.07, 6.45) is 0. The van der Waals surface area contributed by atoms with E-state index in [4.69, 9.17) is 10.5 Å². The average Bonchev–Trinajstić information content (AvgIpc) is 2.82. The summed E-state index contributed by atoms with van der Waals surface area (Å²) in [4.78, 5) is 12.6. The Morgan fingerprint density at radius 1 is 1.50 bits per heavy atom. The zero-order chi connectivity index (χ0) is 14.1. The zero-order valence-electron chi connectivity index (χ0n) is 11.0. The molecule has 5 nitrogen and oxygen atoms in total. The van der Waals surface area contributed by atoms with Crippen molar-refractivity contribution in [2.45, 2.75) is 13.5 Å². The third-order valence-corrected chi connectivity index (χ3v) is 4.22. The van der Waals surface area contributed by atoms with Gasteiger partial charge in [-0.1, -0.05) is 0 Å². The molecule has 0 atom stereocenters. The topological polar surface area (TPSA) is 76.4 Å². The van der Waals surface area contributed by atoms with Crippen molar-refractivity contribution in [2.75, 3.05) is 23.0 Å². The number of carbonyl (C=O) groups excluding carboxylic acids is 1. The van der Waals surface area contributed by atoms with Crippen LogP contribution in [0.2, 0.25) is 0 Å². The van der Waals surface area contributed by atoms with E-state index >= 15 is 0 Å². The number of aryl methyl sites for hydroxylation is 1. The fourth-order valence-corrected chi connectivity index (χ4v) is 2.90. The predicted octanol–water partition coefficient (Wildman–Crippen LogP) is 2.58. The maximum Gasteiger partial charge on any atom is 0.262 e. The molecule has 0 spiro atoms. The van der Waals surface area contributed by atoms with Crippen LogP contribution >= 0.6 is 11.3 Å². The van der Waals surface area contributed by atoms with Gasteiger partial charge >= 0.3 is 0 Å². The number of anilines is 3. The molecule has 0 aliphatic carbocycles. The van der Waals surface area contributed by atoms with Crippen LogP contribution < -0.4 is 21.1 Å². The van der Waals surface area contributed by atoms with E-state index in [0.29, 0.717) is 23.7 Å². The Morgan fingerprint density at radius 3 is 3.10 bits per heavy atom. The summed E-state index contributed by atoms with van der Waals surface area (Å²) < 4.78 is 5.32. The molecule has 0 saturated heterocycles. The van der Waals surface area contributed by atoms with Crippen LogP contribution in [0.3, 0.4) is 0 Å². The van der Waals surface area contributed by atoms with Crippen molar-refractivity contribution in [1.29, 1.82) is 0 Å². The minimum Gasteiger partial charge on any atom is -0.482 e. The molecule has 2 heterocycles. The second-order valence-corrected chi connectivity index (χ2v) is 5.65. The molecular formula is C14H15N3O2S. The normalized spacial score (nSPS) is 13.3. The molecule has 4 N–H and O–H groups in total. The number of rotatable bonds is 3. The molecule has 1 aromatic heterocycles. The molecule has 20 heavy (non-hydrogen) atoms. The van der Waals surface area contributed by atoms with Crippen LogP contribution in [0, 0.1) is 6.92 Å². The lowest BCUT2D eigenvalue weighted by Gasteiger charge is -2.20. The van der Waals surface area contributed by atoms with Gasteiger partial charge in [-0.3, -0.25) is 4.79 Å². The first-order chi connectivity index (χ1) is 9.63. The molecule has 1 aliphatic heterocycles.